The minimum Gasteiger partial charge on any atom is -0.387 e. The lowest BCUT2D eigenvalue weighted by atomic mass is 10.2. The maximum absolute atomic E-state index is 10.1. The number of benzene rings is 1. The van der Waals surface area contributed by atoms with Crippen LogP contribution in [0, 0.1) is 0 Å². The zero-order valence-corrected chi connectivity index (χ0v) is 10.6. The maximum atomic E-state index is 10.1. The summed E-state index contributed by atoms with van der Waals surface area (Å²) in [6.07, 6.45) is 4.07. The molecule has 90 valence electrons. The summed E-state index contributed by atoms with van der Waals surface area (Å²) in [5, 5.41) is 14.4. The van der Waals surface area contributed by atoms with E-state index in [0.29, 0.717) is 0 Å². The number of thioether (sulfide) groups is 1. The molecule has 0 spiro atoms. The van der Waals surface area contributed by atoms with Crippen LogP contribution < -0.4 is 0 Å². The summed E-state index contributed by atoms with van der Waals surface area (Å²) in [6.45, 7) is 0. The van der Waals surface area contributed by atoms with E-state index in [1.807, 2.05) is 42.7 Å². The highest BCUT2D eigenvalue weighted by Gasteiger charge is 2.13. The molecule has 1 aromatic heterocycles. The van der Waals surface area contributed by atoms with Gasteiger partial charge >= 0.3 is 0 Å². The van der Waals surface area contributed by atoms with Gasteiger partial charge in [-0.2, -0.15) is 16.9 Å². The first kappa shape index (κ1) is 12.2. The first-order valence-corrected chi connectivity index (χ1v) is 6.98. The van der Waals surface area contributed by atoms with E-state index >= 15 is 0 Å². The second kappa shape index (κ2) is 5.89. The summed E-state index contributed by atoms with van der Waals surface area (Å²) in [4.78, 5) is 0. The van der Waals surface area contributed by atoms with Crippen LogP contribution >= 0.6 is 11.8 Å². The zero-order chi connectivity index (χ0) is 12.1. The van der Waals surface area contributed by atoms with Crippen molar-refractivity contribution in [2.45, 2.75) is 12.5 Å². The first-order chi connectivity index (χ1) is 8.33. The van der Waals surface area contributed by atoms with Crippen molar-refractivity contribution < 1.29 is 5.11 Å². The minimum absolute atomic E-state index is 0.454. The summed E-state index contributed by atoms with van der Waals surface area (Å²) in [5.74, 6) is 0.946. The van der Waals surface area contributed by atoms with Gasteiger partial charge in [-0.1, -0.05) is 18.2 Å². The Bertz CT molecular complexity index is 455. The SMILES string of the molecule is CSCCC(O)c1ccnn1-c1ccccc1. The average molecular weight is 248 g/mol. The summed E-state index contributed by atoms with van der Waals surface area (Å²) in [5.41, 5.74) is 1.83. The Hall–Kier alpha value is -1.26. The Balaban J connectivity index is 2.23. The van der Waals surface area contributed by atoms with E-state index in [0.717, 1.165) is 23.6 Å². The van der Waals surface area contributed by atoms with Gasteiger partial charge in [0.15, 0.2) is 0 Å². The molecule has 17 heavy (non-hydrogen) atoms. The molecule has 0 radical (unpaired) electrons. The molecular formula is C13H16N2OS. The highest BCUT2D eigenvalue weighted by Crippen LogP contribution is 2.20. The van der Waals surface area contributed by atoms with Gasteiger partial charge in [0, 0.05) is 6.20 Å². The monoisotopic (exact) mass is 248 g/mol. The molecule has 0 aliphatic heterocycles. The molecule has 0 amide bonds. The Morgan fingerprint density at radius 1 is 1.29 bits per heavy atom. The number of rotatable bonds is 5. The van der Waals surface area contributed by atoms with E-state index in [4.69, 9.17) is 0 Å². The van der Waals surface area contributed by atoms with Crippen molar-refractivity contribution in [2.24, 2.45) is 0 Å². The largest absolute Gasteiger partial charge is 0.387 e. The molecule has 0 aliphatic rings. The van der Waals surface area contributed by atoms with Gasteiger partial charge < -0.3 is 5.11 Å². The van der Waals surface area contributed by atoms with Crippen molar-refractivity contribution in [3.05, 3.63) is 48.3 Å². The van der Waals surface area contributed by atoms with Crippen molar-refractivity contribution in [1.29, 1.82) is 0 Å². The highest BCUT2D eigenvalue weighted by molar-refractivity contribution is 7.98. The first-order valence-electron chi connectivity index (χ1n) is 5.59. The summed E-state index contributed by atoms with van der Waals surface area (Å²) >= 11 is 1.74. The van der Waals surface area contributed by atoms with Crippen LogP contribution in [0.2, 0.25) is 0 Å². The number of aliphatic hydroxyl groups excluding tert-OH is 1. The standard InChI is InChI=1S/C13H16N2OS/c1-17-10-8-13(16)12-7-9-14-15(12)11-5-3-2-4-6-11/h2-7,9,13,16H,8,10H2,1H3. The van der Waals surface area contributed by atoms with Crippen molar-refractivity contribution >= 4 is 11.8 Å². The number of aromatic nitrogens is 2. The quantitative estimate of drug-likeness (QED) is 0.884. The molecule has 4 heteroatoms. The molecule has 2 rings (SSSR count). The van der Waals surface area contributed by atoms with Crippen molar-refractivity contribution in [2.75, 3.05) is 12.0 Å². The van der Waals surface area contributed by atoms with E-state index in [9.17, 15) is 5.11 Å². The number of hydrogen-bond donors (Lipinski definition) is 1. The fourth-order valence-corrected chi connectivity index (χ4v) is 2.19. The third-order valence-electron chi connectivity index (χ3n) is 2.61. The molecule has 3 nitrogen and oxygen atoms in total. The molecule has 0 bridgehead atoms. The summed E-state index contributed by atoms with van der Waals surface area (Å²) in [7, 11) is 0. The van der Waals surface area contributed by atoms with Crippen molar-refractivity contribution in [3.8, 4) is 5.69 Å². The van der Waals surface area contributed by atoms with Crippen LogP contribution in [0.5, 0.6) is 0 Å². The fourth-order valence-electron chi connectivity index (χ4n) is 1.73. The predicted molar refractivity (Wildman–Crippen MR) is 71.5 cm³/mol. The Morgan fingerprint density at radius 2 is 2.06 bits per heavy atom. The minimum atomic E-state index is -0.454. The molecule has 1 N–H and O–H groups in total. The molecule has 1 heterocycles. The van der Waals surface area contributed by atoms with Crippen LogP contribution in [-0.4, -0.2) is 26.9 Å². The van der Waals surface area contributed by atoms with Gasteiger partial charge in [0.25, 0.3) is 0 Å². The van der Waals surface area contributed by atoms with Gasteiger partial charge in [0.1, 0.15) is 0 Å². The normalized spacial score (nSPS) is 12.6. The van der Waals surface area contributed by atoms with Gasteiger partial charge in [-0.15, -0.1) is 0 Å². The summed E-state index contributed by atoms with van der Waals surface area (Å²) < 4.78 is 1.80. The Kier molecular flexibility index (Phi) is 4.23. The average Bonchev–Trinajstić information content (AvgIpc) is 2.86. The molecule has 0 saturated heterocycles. The van der Waals surface area contributed by atoms with Crippen molar-refractivity contribution in [3.63, 3.8) is 0 Å². The molecule has 0 fully saturated rings. The van der Waals surface area contributed by atoms with E-state index in [1.54, 1.807) is 22.6 Å². The van der Waals surface area contributed by atoms with Crippen LogP contribution in [-0.2, 0) is 0 Å². The van der Waals surface area contributed by atoms with Crippen LogP contribution in [0.3, 0.4) is 0 Å². The van der Waals surface area contributed by atoms with Crippen LogP contribution in [0.15, 0.2) is 42.6 Å². The lowest BCUT2D eigenvalue weighted by Gasteiger charge is -2.12. The van der Waals surface area contributed by atoms with Crippen LogP contribution in [0.4, 0.5) is 0 Å². The Morgan fingerprint density at radius 3 is 2.76 bits per heavy atom. The third-order valence-corrected chi connectivity index (χ3v) is 3.25. The molecule has 2 aromatic rings. The summed E-state index contributed by atoms with van der Waals surface area (Å²) in [6, 6.07) is 11.7. The van der Waals surface area contributed by atoms with Gasteiger partial charge in [-0.25, -0.2) is 4.68 Å². The highest BCUT2D eigenvalue weighted by atomic mass is 32.2. The van der Waals surface area contributed by atoms with E-state index in [-0.39, 0.29) is 0 Å². The van der Waals surface area contributed by atoms with Gasteiger partial charge in [-0.05, 0) is 36.6 Å². The smallest absolute Gasteiger partial charge is 0.0969 e. The van der Waals surface area contributed by atoms with Gasteiger partial charge in [0.2, 0.25) is 0 Å². The number of para-hydroxylation sites is 1. The molecule has 1 atom stereocenters. The third kappa shape index (κ3) is 2.90. The predicted octanol–water partition coefficient (Wildman–Crippen LogP) is 2.66. The fraction of sp³-hybridized carbons (Fsp3) is 0.308. The topological polar surface area (TPSA) is 38.1 Å². The maximum Gasteiger partial charge on any atom is 0.0969 e. The second-order valence-electron chi connectivity index (χ2n) is 3.80. The van der Waals surface area contributed by atoms with E-state index in [1.165, 1.54) is 0 Å². The van der Waals surface area contributed by atoms with E-state index < -0.39 is 6.10 Å². The van der Waals surface area contributed by atoms with Crippen LogP contribution in [0.1, 0.15) is 18.2 Å². The van der Waals surface area contributed by atoms with E-state index in [2.05, 4.69) is 5.10 Å². The molecular weight excluding hydrogens is 232 g/mol. The lowest BCUT2D eigenvalue weighted by Crippen LogP contribution is -2.08. The lowest BCUT2D eigenvalue weighted by molar-refractivity contribution is 0.167. The molecule has 0 aliphatic carbocycles. The van der Waals surface area contributed by atoms with Crippen LogP contribution in [0.25, 0.3) is 5.69 Å². The molecule has 0 saturated carbocycles. The number of hydrogen-bond acceptors (Lipinski definition) is 3. The van der Waals surface area contributed by atoms with Gasteiger partial charge in [0.05, 0.1) is 17.5 Å². The second-order valence-corrected chi connectivity index (χ2v) is 4.79. The molecule has 1 aromatic carbocycles. The zero-order valence-electron chi connectivity index (χ0n) is 9.78. The Labute approximate surface area is 105 Å². The van der Waals surface area contributed by atoms with Gasteiger partial charge in [-0.3, -0.25) is 0 Å². The number of nitrogens with zero attached hydrogens (tertiary/aromatic N) is 2. The number of aliphatic hydroxyl groups is 1. The molecule has 1 unspecified atom stereocenters. The van der Waals surface area contributed by atoms with Crippen molar-refractivity contribution in [1.82, 2.24) is 9.78 Å².